The van der Waals surface area contributed by atoms with Crippen molar-refractivity contribution in [1.82, 2.24) is 9.97 Å². The summed E-state index contributed by atoms with van der Waals surface area (Å²) in [6.45, 7) is 2.39. The van der Waals surface area contributed by atoms with Gasteiger partial charge in [0, 0.05) is 19.6 Å². The quantitative estimate of drug-likeness (QED) is 0.613. The number of carbonyl (C=O) groups excluding carboxylic acids is 1. The molecule has 2 fully saturated rings. The average Bonchev–Trinajstić information content (AvgIpc) is 3.47. The van der Waals surface area contributed by atoms with E-state index in [1.54, 1.807) is 7.11 Å². The number of aliphatic hydroxyl groups excluding tert-OH is 1. The Labute approximate surface area is 197 Å². The van der Waals surface area contributed by atoms with Crippen molar-refractivity contribution in [2.24, 2.45) is 0 Å². The third-order valence-corrected chi connectivity index (χ3v) is 6.95. The third-order valence-electron chi connectivity index (χ3n) is 6.66. The number of ether oxygens (including phenoxy) is 2. The van der Waals surface area contributed by atoms with Crippen LogP contribution in [0.5, 0.6) is 5.75 Å². The largest absolute Gasteiger partial charge is 0.495 e. The number of rotatable bonds is 6. The van der Waals surface area contributed by atoms with Gasteiger partial charge in [-0.2, -0.15) is 9.97 Å². The summed E-state index contributed by atoms with van der Waals surface area (Å²) < 4.78 is 10.8. The lowest BCUT2D eigenvalue weighted by Crippen LogP contribution is -2.36. The van der Waals surface area contributed by atoms with Crippen LogP contribution in [-0.2, 0) is 11.3 Å². The van der Waals surface area contributed by atoms with Gasteiger partial charge in [-0.3, -0.25) is 0 Å². The molecule has 176 valence electrons. The van der Waals surface area contributed by atoms with Crippen molar-refractivity contribution in [3.63, 3.8) is 0 Å². The zero-order valence-corrected chi connectivity index (χ0v) is 19.3. The van der Waals surface area contributed by atoms with E-state index in [1.165, 1.54) is 0 Å². The van der Waals surface area contributed by atoms with Gasteiger partial charge in [0.05, 0.1) is 30.8 Å². The van der Waals surface area contributed by atoms with Gasteiger partial charge in [0.15, 0.2) is 5.82 Å². The topological polar surface area (TPSA) is 100 Å². The van der Waals surface area contributed by atoms with Crippen molar-refractivity contribution in [2.45, 2.75) is 44.3 Å². The minimum absolute atomic E-state index is 0.0246. The Morgan fingerprint density at radius 2 is 2.06 bits per heavy atom. The number of fused-ring (bicyclic) bond motifs is 3. The normalized spacial score (nSPS) is 22.0. The number of aliphatic hydroxyl groups is 1. The number of aromatic nitrogens is 2. The Balaban J connectivity index is 1.54. The first-order valence-electron chi connectivity index (χ1n) is 11.4. The first kappa shape index (κ1) is 22.0. The number of cyclic esters (lactones) is 1. The Hall–Kier alpha value is -2.78. The Kier molecular flexibility index (Phi) is 6.16. The maximum atomic E-state index is 13.0. The zero-order chi connectivity index (χ0) is 22.9. The van der Waals surface area contributed by atoms with Crippen LogP contribution in [0.15, 0.2) is 18.2 Å². The lowest BCUT2D eigenvalue weighted by molar-refractivity contribution is 0.0497. The van der Waals surface area contributed by atoms with E-state index < -0.39 is 5.97 Å². The second-order valence-corrected chi connectivity index (χ2v) is 9.06. The Morgan fingerprint density at radius 1 is 1.24 bits per heavy atom. The van der Waals surface area contributed by atoms with E-state index in [0.717, 1.165) is 44.3 Å². The number of nitrogens with zero attached hydrogens (tertiary/aromatic N) is 4. The number of halogens is 1. The molecular weight excluding hydrogens is 446 g/mol. The molecule has 2 saturated heterocycles. The highest BCUT2D eigenvalue weighted by Gasteiger charge is 2.38. The minimum Gasteiger partial charge on any atom is -0.495 e. The molecule has 1 aromatic carbocycles. The maximum Gasteiger partial charge on any atom is 0.345 e. The predicted molar refractivity (Wildman–Crippen MR) is 125 cm³/mol. The number of benzene rings is 1. The second-order valence-electron chi connectivity index (χ2n) is 8.65. The van der Waals surface area contributed by atoms with Crippen LogP contribution in [-0.4, -0.2) is 66.5 Å². The predicted octanol–water partition coefficient (Wildman–Crippen LogP) is 2.85. The molecule has 9 nitrogen and oxygen atoms in total. The molecule has 3 aliphatic heterocycles. The van der Waals surface area contributed by atoms with Crippen LogP contribution in [0.3, 0.4) is 0 Å². The summed E-state index contributed by atoms with van der Waals surface area (Å²) in [5.41, 5.74) is 1.28. The summed E-state index contributed by atoms with van der Waals surface area (Å²) in [5.74, 6) is 1.76. The Bertz CT molecular complexity index is 1050. The van der Waals surface area contributed by atoms with Crippen LogP contribution in [0.2, 0.25) is 5.02 Å². The van der Waals surface area contributed by atoms with E-state index in [0.29, 0.717) is 47.1 Å². The van der Waals surface area contributed by atoms with Crippen LogP contribution < -0.4 is 19.9 Å². The third kappa shape index (κ3) is 4.15. The van der Waals surface area contributed by atoms with Crippen LogP contribution in [0.25, 0.3) is 0 Å². The van der Waals surface area contributed by atoms with Gasteiger partial charge < -0.3 is 29.7 Å². The van der Waals surface area contributed by atoms with Crippen LogP contribution >= 0.6 is 11.6 Å². The number of hydrogen-bond acceptors (Lipinski definition) is 9. The number of esters is 1. The van der Waals surface area contributed by atoms with Crippen molar-refractivity contribution in [3.8, 4) is 5.75 Å². The van der Waals surface area contributed by atoms with E-state index in [4.69, 9.17) is 31.0 Å². The average molecular weight is 474 g/mol. The molecule has 0 unspecified atom stereocenters. The van der Waals surface area contributed by atoms with Gasteiger partial charge in [-0.1, -0.05) is 17.7 Å². The van der Waals surface area contributed by atoms with Gasteiger partial charge in [0.1, 0.15) is 23.7 Å². The molecule has 2 N–H and O–H groups in total. The molecule has 2 atom stereocenters. The molecule has 0 amide bonds. The summed E-state index contributed by atoms with van der Waals surface area (Å²) in [6.07, 6.45) is 3.84. The molecule has 0 aliphatic carbocycles. The summed E-state index contributed by atoms with van der Waals surface area (Å²) in [6, 6.07) is 5.65. The molecule has 0 radical (unpaired) electrons. The lowest BCUT2D eigenvalue weighted by atomic mass is 10.2. The number of anilines is 3. The molecule has 0 saturated carbocycles. The standard InChI is InChI=1S/C23H28ClN5O4/c1-32-18-7-6-14(10-17(18)24)11-25-20-19-21(28-8-3-5-16(28)13-33-22(19)31)27-23(26-20)29-9-2-4-15(29)12-30/h6-7,10,15-16,30H,2-5,8-9,11-13H2,1H3,(H,25,26,27)/t15-,16-/m0/s1. The van der Waals surface area contributed by atoms with Gasteiger partial charge in [0.25, 0.3) is 0 Å². The molecule has 0 bridgehead atoms. The van der Waals surface area contributed by atoms with E-state index in [9.17, 15) is 9.90 Å². The van der Waals surface area contributed by atoms with Crippen molar-refractivity contribution < 1.29 is 19.4 Å². The summed E-state index contributed by atoms with van der Waals surface area (Å²) in [7, 11) is 1.58. The fourth-order valence-electron chi connectivity index (χ4n) is 4.92. The number of nitrogens with one attached hydrogen (secondary N) is 1. The summed E-state index contributed by atoms with van der Waals surface area (Å²) >= 11 is 6.29. The van der Waals surface area contributed by atoms with Gasteiger partial charge in [-0.15, -0.1) is 0 Å². The highest BCUT2D eigenvalue weighted by Crippen LogP contribution is 2.37. The van der Waals surface area contributed by atoms with Gasteiger partial charge in [0.2, 0.25) is 5.95 Å². The van der Waals surface area contributed by atoms with E-state index >= 15 is 0 Å². The molecule has 5 rings (SSSR count). The molecule has 0 spiro atoms. The first-order chi connectivity index (χ1) is 16.1. The molecule has 10 heteroatoms. The molecule has 2 aromatic rings. The highest BCUT2D eigenvalue weighted by molar-refractivity contribution is 6.32. The van der Waals surface area contributed by atoms with Gasteiger partial charge in [-0.05, 0) is 43.4 Å². The van der Waals surface area contributed by atoms with E-state index in [1.807, 2.05) is 23.1 Å². The zero-order valence-electron chi connectivity index (χ0n) is 18.6. The fourth-order valence-corrected chi connectivity index (χ4v) is 5.20. The number of methoxy groups -OCH3 is 1. The van der Waals surface area contributed by atoms with Crippen molar-refractivity contribution >= 4 is 35.2 Å². The van der Waals surface area contributed by atoms with Crippen molar-refractivity contribution in [1.29, 1.82) is 0 Å². The minimum atomic E-state index is -0.415. The van der Waals surface area contributed by atoms with Crippen molar-refractivity contribution in [3.05, 3.63) is 34.3 Å². The maximum absolute atomic E-state index is 13.0. The molecule has 3 aliphatic rings. The monoisotopic (exact) mass is 473 g/mol. The fraction of sp³-hybridized carbons (Fsp3) is 0.522. The first-order valence-corrected chi connectivity index (χ1v) is 11.8. The van der Waals surface area contributed by atoms with Gasteiger partial charge in [-0.25, -0.2) is 4.79 Å². The van der Waals surface area contributed by atoms with Gasteiger partial charge >= 0.3 is 5.97 Å². The molecule has 33 heavy (non-hydrogen) atoms. The Morgan fingerprint density at radius 3 is 2.85 bits per heavy atom. The lowest BCUT2D eigenvalue weighted by Gasteiger charge is -2.28. The van der Waals surface area contributed by atoms with E-state index in [2.05, 4.69) is 10.2 Å². The molecule has 1 aromatic heterocycles. The second kappa shape index (κ2) is 9.23. The summed E-state index contributed by atoms with van der Waals surface area (Å²) in [4.78, 5) is 26.8. The van der Waals surface area contributed by atoms with Crippen LogP contribution in [0, 0.1) is 0 Å². The SMILES string of the molecule is COc1ccc(CNc2nc(N3CCC[C@H]3CO)nc3c2C(=O)OC[C@@H]2CCCN32)cc1Cl. The summed E-state index contributed by atoms with van der Waals surface area (Å²) in [5, 5.41) is 13.7. The van der Waals surface area contributed by atoms with Crippen molar-refractivity contribution in [2.75, 3.05) is 48.5 Å². The molecule has 4 heterocycles. The number of carbonyl (C=O) groups is 1. The van der Waals surface area contributed by atoms with Crippen LogP contribution in [0.1, 0.15) is 41.6 Å². The highest BCUT2D eigenvalue weighted by atomic mass is 35.5. The van der Waals surface area contributed by atoms with E-state index in [-0.39, 0.29) is 18.7 Å². The van der Waals surface area contributed by atoms with Crippen LogP contribution in [0.4, 0.5) is 17.6 Å². The smallest absolute Gasteiger partial charge is 0.345 e. The number of hydrogen-bond donors (Lipinski definition) is 2. The molecular formula is C23H28ClN5O4.